The van der Waals surface area contributed by atoms with E-state index in [-0.39, 0.29) is 5.39 Å². The van der Waals surface area contributed by atoms with Crippen LogP contribution in [0, 0.1) is 0 Å². The lowest BCUT2D eigenvalue weighted by Crippen LogP contribution is -2.06. The Morgan fingerprint density at radius 3 is 1.92 bits per heavy atom. The molecule has 0 N–H and O–H groups in total. The zero-order chi connectivity index (χ0) is 56.1. The molecule has 0 radical (unpaired) electrons. The fourth-order valence-electron chi connectivity index (χ4n) is 5.87. The van der Waals surface area contributed by atoms with Crippen molar-refractivity contribution in [3.05, 3.63) is 157 Å². The van der Waals surface area contributed by atoms with Crippen LogP contribution in [0.4, 0.5) is 0 Å². The van der Waals surface area contributed by atoms with Crippen LogP contribution in [0.15, 0.2) is 166 Å². The number of furan rings is 2. The van der Waals surface area contributed by atoms with Crippen molar-refractivity contribution in [1.29, 1.82) is 0 Å². The highest BCUT2D eigenvalue weighted by Gasteiger charge is 2.21. The van der Waals surface area contributed by atoms with Gasteiger partial charge in [0.15, 0.2) is 11.6 Å². The molecule has 0 fully saturated rings. The van der Waals surface area contributed by atoms with Crippen molar-refractivity contribution in [2.24, 2.45) is 0 Å². The van der Waals surface area contributed by atoms with Gasteiger partial charge in [-0.15, -0.1) is 0 Å². The molecule has 0 unspecified atom stereocenters. The molecule has 4 aromatic heterocycles. The highest BCUT2D eigenvalue weighted by atomic mass is 16.3. The number of benzene rings is 7. The molecule has 0 aliphatic heterocycles. The van der Waals surface area contributed by atoms with E-state index >= 15 is 0 Å². The summed E-state index contributed by atoms with van der Waals surface area (Å²) in [5.41, 5.74) is -6.06. The van der Waals surface area contributed by atoms with Gasteiger partial charge in [-0.1, -0.05) is 115 Å². The van der Waals surface area contributed by atoms with E-state index in [1.807, 2.05) is 0 Å². The van der Waals surface area contributed by atoms with Crippen molar-refractivity contribution in [2.75, 3.05) is 0 Å². The van der Waals surface area contributed by atoms with E-state index in [0.717, 1.165) is 4.57 Å². The second-order valence-corrected chi connectivity index (χ2v) is 10.8. The minimum atomic E-state index is -0.964. The fraction of sp³-hybridized carbons (Fsp3) is 0. The van der Waals surface area contributed by atoms with Crippen LogP contribution in [-0.2, 0) is 0 Å². The van der Waals surface area contributed by atoms with Gasteiger partial charge >= 0.3 is 0 Å². The third-order valence-electron chi connectivity index (χ3n) is 8.01. The van der Waals surface area contributed by atoms with Gasteiger partial charge < -0.3 is 8.83 Å². The van der Waals surface area contributed by atoms with E-state index in [2.05, 4.69) is 15.0 Å². The lowest BCUT2D eigenvalue weighted by Gasteiger charge is -2.11. The molecule has 51 heavy (non-hydrogen) atoms. The first-order valence-corrected chi connectivity index (χ1v) is 14.8. The summed E-state index contributed by atoms with van der Waals surface area (Å²) in [5, 5.41) is -2.65. The molecule has 0 spiro atoms. The summed E-state index contributed by atoms with van der Waals surface area (Å²) < 4.78 is 242. The Morgan fingerprint density at radius 2 is 1.08 bits per heavy atom. The zero-order valence-electron chi connectivity index (χ0n) is 51.1. The zero-order valence-corrected chi connectivity index (χ0v) is 25.1. The molecular weight excluding hydrogens is 629 g/mol. The van der Waals surface area contributed by atoms with Gasteiger partial charge in [-0.25, -0.2) is 4.98 Å². The molecule has 11 aromatic rings. The van der Waals surface area contributed by atoms with E-state index in [1.165, 1.54) is 0 Å². The maximum atomic E-state index is 9.77. The largest absolute Gasteiger partial charge is 0.456 e. The number of rotatable bonds is 4. The standard InChI is InChI=1S/C45H26N4O2/c1-3-12-27(13-4-1)30-18-11-21-39-42(30)33-23-22-29(24-40(33)51-39)44-46-43(28-14-5-2-6-15-28)47-45(48-44)49-36-19-9-7-16-31(36)34-26-41-35(25-37(34)49)32-17-8-10-20-38(32)50-41/h1-26H/i1D,2D,3D,4D,5D,6D,7D,8D,9D,10D,11D,12D,13D,14D,15D,16D,17D,18D,19D,20D,21D,22D,23D,24D,25D,26D. The number of aromatic nitrogens is 4. The molecule has 238 valence electrons. The molecule has 0 bridgehead atoms. The predicted octanol–water partition coefficient (Wildman–Crippen LogP) is 11.8. The molecule has 0 atom stereocenters. The first-order valence-electron chi connectivity index (χ1n) is 27.8. The van der Waals surface area contributed by atoms with Crippen molar-refractivity contribution < 1.29 is 44.5 Å². The van der Waals surface area contributed by atoms with Gasteiger partial charge in [0.1, 0.15) is 22.3 Å². The van der Waals surface area contributed by atoms with Gasteiger partial charge in [-0.2, -0.15) is 9.97 Å². The average Bonchev–Trinajstić information content (AvgIpc) is 4.32. The molecule has 0 saturated carbocycles. The van der Waals surface area contributed by atoms with E-state index in [0.29, 0.717) is 0 Å². The highest BCUT2D eigenvalue weighted by Crippen LogP contribution is 2.40. The minimum Gasteiger partial charge on any atom is -0.456 e. The summed E-state index contributed by atoms with van der Waals surface area (Å²) in [6, 6.07) is -21.5. The summed E-state index contributed by atoms with van der Waals surface area (Å²) in [7, 11) is 0. The first-order chi connectivity index (χ1) is 36.1. The van der Waals surface area contributed by atoms with Gasteiger partial charge in [0.2, 0.25) is 5.95 Å². The fourth-order valence-corrected chi connectivity index (χ4v) is 5.87. The molecule has 0 saturated heterocycles. The monoisotopic (exact) mass is 680 g/mol. The Bertz CT molecular complexity index is 4600. The number of hydrogen-bond acceptors (Lipinski definition) is 5. The third kappa shape index (κ3) is 4.26. The van der Waals surface area contributed by atoms with Crippen molar-refractivity contribution in [3.63, 3.8) is 0 Å². The maximum absolute atomic E-state index is 9.77. The smallest absolute Gasteiger partial charge is 0.238 e. The molecule has 6 heteroatoms. The normalized spacial score (nSPS) is 19.1. The van der Waals surface area contributed by atoms with Crippen molar-refractivity contribution in [2.45, 2.75) is 0 Å². The number of hydrogen-bond donors (Lipinski definition) is 0. The van der Waals surface area contributed by atoms with E-state index in [1.54, 1.807) is 0 Å². The molecule has 0 amide bonds. The van der Waals surface area contributed by atoms with E-state index in [4.69, 9.17) is 36.2 Å². The second kappa shape index (κ2) is 10.7. The van der Waals surface area contributed by atoms with Crippen LogP contribution in [0.2, 0.25) is 0 Å². The van der Waals surface area contributed by atoms with Crippen LogP contribution in [0.5, 0.6) is 0 Å². The second-order valence-electron chi connectivity index (χ2n) is 10.8. The Morgan fingerprint density at radius 1 is 0.412 bits per heavy atom. The predicted molar refractivity (Wildman–Crippen MR) is 205 cm³/mol. The molecule has 7 aromatic carbocycles. The Kier molecular flexibility index (Phi) is 2.67. The maximum Gasteiger partial charge on any atom is 0.238 e. The molecule has 11 rings (SSSR count). The summed E-state index contributed by atoms with van der Waals surface area (Å²) in [6.45, 7) is 0. The summed E-state index contributed by atoms with van der Waals surface area (Å²) in [6.07, 6.45) is 0. The van der Waals surface area contributed by atoms with Gasteiger partial charge in [0.25, 0.3) is 0 Å². The number of nitrogens with zero attached hydrogens (tertiary/aromatic N) is 4. The van der Waals surface area contributed by atoms with Crippen molar-refractivity contribution in [3.8, 4) is 39.9 Å². The lowest BCUT2D eigenvalue weighted by atomic mass is 9.99. The number of fused-ring (bicyclic) bond motifs is 9. The Balaban J connectivity index is 1.34. The third-order valence-corrected chi connectivity index (χ3v) is 8.01. The first kappa shape index (κ1) is 12.7. The molecule has 0 aliphatic carbocycles. The quantitative estimate of drug-likeness (QED) is 0.185. The van der Waals surface area contributed by atoms with E-state index < -0.39 is 257 Å². The Hall–Kier alpha value is -7.05. The van der Waals surface area contributed by atoms with Crippen molar-refractivity contribution in [1.82, 2.24) is 19.5 Å². The lowest BCUT2D eigenvalue weighted by molar-refractivity contribution is 0.669. The molecule has 6 nitrogen and oxygen atoms in total. The highest BCUT2D eigenvalue weighted by molar-refractivity contribution is 6.17. The summed E-state index contributed by atoms with van der Waals surface area (Å²) in [4.78, 5) is 13.4. The van der Waals surface area contributed by atoms with Gasteiger partial charge in [0, 0.05) is 43.4 Å². The number of para-hydroxylation sites is 2. The summed E-state index contributed by atoms with van der Waals surface area (Å²) in [5.74, 6) is -2.52. The van der Waals surface area contributed by atoms with Gasteiger partial charge in [0.05, 0.1) is 46.7 Å². The van der Waals surface area contributed by atoms with Crippen molar-refractivity contribution >= 4 is 65.7 Å². The molecule has 4 heterocycles. The topological polar surface area (TPSA) is 69.9 Å². The molecule has 0 aliphatic rings. The van der Waals surface area contributed by atoms with Gasteiger partial charge in [-0.3, -0.25) is 4.57 Å². The van der Waals surface area contributed by atoms with Crippen LogP contribution in [0.3, 0.4) is 0 Å². The van der Waals surface area contributed by atoms with Crippen LogP contribution in [0.25, 0.3) is 106 Å². The van der Waals surface area contributed by atoms with Crippen LogP contribution >= 0.6 is 0 Å². The van der Waals surface area contributed by atoms with Gasteiger partial charge in [-0.05, 0) is 53.4 Å². The molecular formula is C45H26N4O2. The van der Waals surface area contributed by atoms with Crippen LogP contribution in [-0.4, -0.2) is 19.5 Å². The summed E-state index contributed by atoms with van der Waals surface area (Å²) >= 11 is 0. The average molecular weight is 681 g/mol. The SMILES string of the molecule is [2H]c1c([2H])c([2H])c(-c2nc(-c3c([2H])c([2H])c4c(oc5c([2H])c([2H])c([2H])c(-c6c([2H])c([2H])c([2H])c([2H])c6[2H])c54)c3[2H])nc(-n3c4c([2H])c([2H])c([2H])c([2H])c4c4c([2H])c5oc6c([2H])c([2H])c([2H])c([2H])c6c5c([2H])c43)n2)c([2H])c1[2H]. The van der Waals surface area contributed by atoms with Crippen LogP contribution < -0.4 is 0 Å². The van der Waals surface area contributed by atoms with E-state index in [9.17, 15) is 8.22 Å². The Labute approximate surface area is 327 Å². The minimum absolute atomic E-state index is 0.376. The van der Waals surface area contributed by atoms with Crippen LogP contribution in [0.1, 0.15) is 35.6 Å².